The van der Waals surface area contributed by atoms with Gasteiger partial charge in [0.2, 0.25) is 11.9 Å². The van der Waals surface area contributed by atoms with Gasteiger partial charge in [0.1, 0.15) is 6.04 Å². The lowest BCUT2D eigenvalue weighted by Gasteiger charge is -2.39. The molecule has 24 heavy (non-hydrogen) atoms. The molecule has 0 unspecified atom stereocenters. The van der Waals surface area contributed by atoms with E-state index in [0.717, 1.165) is 38.0 Å². The highest BCUT2D eigenvalue weighted by molar-refractivity contribution is 5.83. The zero-order valence-electron chi connectivity index (χ0n) is 13.8. The van der Waals surface area contributed by atoms with Crippen LogP contribution in [-0.2, 0) is 16.1 Å². The Labute approximate surface area is 140 Å². The second-order valence-corrected chi connectivity index (χ2v) is 6.93. The first-order valence-electron chi connectivity index (χ1n) is 8.17. The second kappa shape index (κ2) is 6.35. The molecule has 2 fully saturated rings. The average molecular weight is 333 g/mol. The van der Waals surface area contributed by atoms with Crippen LogP contribution in [0.4, 0.5) is 5.95 Å². The van der Waals surface area contributed by atoms with Crippen molar-refractivity contribution in [2.75, 3.05) is 25.4 Å². The van der Waals surface area contributed by atoms with Crippen molar-refractivity contribution in [2.45, 2.75) is 38.8 Å². The number of nitrogens with two attached hydrogens (primary N) is 1. The molecule has 2 aliphatic heterocycles. The highest BCUT2D eigenvalue weighted by Crippen LogP contribution is 2.43. The second-order valence-electron chi connectivity index (χ2n) is 6.93. The van der Waals surface area contributed by atoms with Crippen LogP contribution >= 0.6 is 0 Å². The van der Waals surface area contributed by atoms with Crippen LogP contribution in [0.25, 0.3) is 0 Å². The first-order chi connectivity index (χ1) is 11.4. The summed E-state index contributed by atoms with van der Waals surface area (Å²) in [4.78, 5) is 35.0. The van der Waals surface area contributed by atoms with Crippen molar-refractivity contribution >= 4 is 17.8 Å². The standard InChI is InChI=1S/C16H23N5O3/c1-11(22)21-10-16(6-13(21)14(23)24)2-4-20(5-3-16)9-12-7-18-15(17)19-8-12/h7-8,13H,2-6,9-10H2,1H3,(H,23,24)(H2,17,18,19)/t13-/m0/s1. The van der Waals surface area contributed by atoms with E-state index in [-0.39, 0.29) is 17.3 Å². The van der Waals surface area contributed by atoms with Gasteiger partial charge in [0.05, 0.1) is 0 Å². The average Bonchev–Trinajstić information content (AvgIpc) is 2.92. The minimum Gasteiger partial charge on any atom is -0.480 e. The largest absolute Gasteiger partial charge is 0.480 e. The topological polar surface area (TPSA) is 113 Å². The van der Waals surface area contributed by atoms with E-state index in [0.29, 0.717) is 13.0 Å². The minimum atomic E-state index is -0.900. The quantitative estimate of drug-likeness (QED) is 0.820. The van der Waals surface area contributed by atoms with Crippen molar-refractivity contribution in [1.29, 1.82) is 0 Å². The summed E-state index contributed by atoms with van der Waals surface area (Å²) >= 11 is 0. The van der Waals surface area contributed by atoms with Crippen LogP contribution in [0.1, 0.15) is 31.7 Å². The lowest BCUT2D eigenvalue weighted by atomic mass is 9.76. The Balaban J connectivity index is 1.61. The Morgan fingerprint density at radius 1 is 1.33 bits per heavy atom. The highest BCUT2D eigenvalue weighted by atomic mass is 16.4. The molecule has 8 nitrogen and oxygen atoms in total. The summed E-state index contributed by atoms with van der Waals surface area (Å²) in [7, 11) is 0. The molecule has 0 radical (unpaired) electrons. The molecule has 1 atom stereocenters. The fourth-order valence-corrected chi connectivity index (χ4v) is 3.86. The van der Waals surface area contributed by atoms with Gasteiger partial charge in [-0.2, -0.15) is 0 Å². The molecule has 0 saturated carbocycles. The summed E-state index contributed by atoms with van der Waals surface area (Å²) in [6.45, 7) is 4.52. The molecule has 0 aromatic carbocycles. The van der Waals surface area contributed by atoms with Crippen LogP contribution < -0.4 is 5.73 Å². The Bertz CT molecular complexity index is 601. The number of likely N-dealkylation sites (tertiary alicyclic amines) is 2. The van der Waals surface area contributed by atoms with Crippen molar-refractivity contribution in [2.24, 2.45) is 5.41 Å². The third-order valence-electron chi connectivity index (χ3n) is 5.25. The number of anilines is 1. The summed E-state index contributed by atoms with van der Waals surface area (Å²) in [5, 5.41) is 9.39. The van der Waals surface area contributed by atoms with Gasteiger partial charge in [0.15, 0.2) is 0 Å². The third-order valence-corrected chi connectivity index (χ3v) is 5.25. The molecule has 1 spiro atoms. The zero-order valence-corrected chi connectivity index (χ0v) is 13.8. The van der Waals surface area contributed by atoms with E-state index in [9.17, 15) is 14.7 Å². The van der Waals surface area contributed by atoms with Gasteiger partial charge in [-0.05, 0) is 37.8 Å². The molecule has 1 amide bonds. The van der Waals surface area contributed by atoms with E-state index < -0.39 is 12.0 Å². The minimum absolute atomic E-state index is 0.0666. The molecule has 0 bridgehead atoms. The Morgan fingerprint density at radius 3 is 2.46 bits per heavy atom. The monoisotopic (exact) mass is 333 g/mol. The lowest BCUT2D eigenvalue weighted by molar-refractivity contribution is -0.147. The lowest BCUT2D eigenvalue weighted by Crippen LogP contribution is -2.42. The molecule has 0 aliphatic carbocycles. The first-order valence-corrected chi connectivity index (χ1v) is 8.17. The SMILES string of the molecule is CC(=O)N1CC2(CCN(Cc3cnc(N)nc3)CC2)C[C@H]1C(=O)O. The number of nitrogens with zero attached hydrogens (tertiary/aromatic N) is 4. The molecule has 3 N–H and O–H groups in total. The van der Waals surface area contributed by atoms with Gasteiger partial charge >= 0.3 is 5.97 Å². The molecule has 2 saturated heterocycles. The third kappa shape index (κ3) is 3.33. The van der Waals surface area contributed by atoms with Gasteiger partial charge in [0.25, 0.3) is 0 Å². The number of nitrogen functional groups attached to an aromatic ring is 1. The van der Waals surface area contributed by atoms with E-state index in [1.807, 2.05) is 0 Å². The highest BCUT2D eigenvalue weighted by Gasteiger charge is 2.48. The maximum absolute atomic E-state index is 11.7. The van der Waals surface area contributed by atoms with E-state index in [4.69, 9.17) is 5.73 Å². The van der Waals surface area contributed by atoms with Crippen molar-refractivity contribution in [1.82, 2.24) is 19.8 Å². The summed E-state index contributed by atoms with van der Waals surface area (Å²) in [5.74, 6) is -0.782. The molecule has 8 heteroatoms. The number of carbonyl (C=O) groups excluding carboxylic acids is 1. The van der Waals surface area contributed by atoms with E-state index in [1.165, 1.54) is 11.8 Å². The smallest absolute Gasteiger partial charge is 0.326 e. The number of carboxylic acids is 1. The number of piperidine rings is 1. The van der Waals surface area contributed by atoms with Crippen LogP contribution in [0.15, 0.2) is 12.4 Å². The van der Waals surface area contributed by atoms with E-state index in [2.05, 4.69) is 14.9 Å². The van der Waals surface area contributed by atoms with Gasteiger partial charge in [-0.15, -0.1) is 0 Å². The number of rotatable bonds is 3. The molecule has 130 valence electrons. The van der Waals surface area contributed by atoms with Crippen LogP contribution in [0.2, 0.25) is 0 Å². The van der Waals surface area contributed by atoms with E-state index >= 15 is 0 Å². The summed E-state index contributed by atoms with van der Waals surface area (Å²) in [6, 6.07) is -0.681. The van der Waals surface area contributed by atoms with Crippen LogP contribution in [0.5, 0.6) is 0 Å². The maximum atomic E-state index is 11.7. The number of aliphatic carboxylic acids is 1. The molecule has 3 heterocycles. The van der Waals surface area contributed by atoms with Crippen LogP contribution in [-0.4, -0.2) is 62.4 Å². The fourth-order valence-electron chi connectivity index (χ4n) is 3.86. The first kappa shape index (κ1) is 16.6. The van der Waals surface area contributed by atoms with Crippen LogP contribution in [0, 0.1) is 5.41 Å². The van der Waals surface area contributed by atoms with Crippen LogP contribution in [0.3, 0.4) is 0 Å². The zero-order chi connectivity index (χ0) is 17.3. The molecule has 1 aromatic heterocycles. The van der Waals surface area contributed by atoms with Gasteiger partial charge in [-0.3, -0.25) is 9.69 Å². The molecular weight excluding hydrogens is 310 g/mol. The number of hydrogen-bond donors (Lipinski definition) is 2. The van der Waals surface area contributed by atoms with Gasteiger partial charge < -0.3 is 15.7 Å². The number of amides is 1. The summed E-state index contributed by atoms with van der Waals surface area (Å²) in [5.41, 5.74) is 6.44. The van der Waals surface area contributed by atoms with Crippen molar-refractivity contribution in [3.63, 3.8) is 0 Å². The number of carbonyl (C=O) groups is 2. The van der Waals surface area contributed by atoms with E-state index in [1.54, 1.807) is 12.4 Å². The van der Waals surface area contributed by atoms with Gasteiger partial charge in [-0.25, -0.2) is 14.8 Å². The normalized spacial score (nSPS) is 23.5. The molecular formula is C16H23N5O3. The molecule has 1 aromatic rings. The number of hydrogen-bond acceptors (Lipinski definition) is 6. The van der Waals surface area contributed by atoms with Gasteiger partial charge in [-0.1, -0.05) is 0 Å². The predicted molar refractivity (Wildman–Crippen MR) is 86.8 cm³/mol. The Hall–Kier alpha value is -2.22. The predicted octanol–water partition coefficient (Wildman–Crippen LogP) is 0.346. The number of carboxylic acid groups (broad SMARTS) is 1. The summed E-state index contributed by atoms with van der Waals surface area (Å²) < 4.78 is 0. The fraction of sp³-hybridized carbons (Fsp3) is 0.625. The maximum Gasteiger partial charge on any atom is 0.326 e. The summed E-state index contributed by atoms with van der Waals surface area (Å²) in [6.07, 6.45) is 5.83. The Morgan fingerprint density at radius 2 is 1.96 bits per heavy atom. The molecule has 2 aliphatic rings. The van der Waals surface area contributed by atoms with Crippen molar-refractivity contribution in [3.05, 3.63) is 18.0 Å². The molecule has 3 rings (SSSR count). The Kier molecular flexibility index (Phi) is 4.40. The van der Waals surface area contributed by atoms with Crippen molar-refractivity contribution < 1.29 is 14.7 Å². The van der Waals surface area contributed by atoms with Crippen molar-refractivity contribution in [3.8, 4) is 0 Å². The van der Waals surface area contributed by atoms with Gasteiger partial charge in [0, 0.05) is 38.0 Å². The number of aromatic nitrogens is 2.